The van der Waals surface area contributed by atoms with E-state index in [0.29, 0.717) is 23.7 Å². The maximum Gasteiger partial charge on any atom is 0.319 e. The average Bonchev–Trinajstić information content (AvgIpc) is 2.55. The zero-order valence-electron chi connectivity index (χ0n) is 13.1. The SMILES string of the molecule is COc1ccc(NC(=O)NCCN2CCOCC2)cc1OC. The molecule has 0 aromatic heterocycles. The topological polar surface area (TPSA) is 72.1 Å². The Kier molecular flexibility index (Phi) is 6.29. The zero-order valence-corrected chi connectivity index (χ0v) is 13.1. The summed E-state index contributed by atoms with van der Waals surface area (Å²) in [6.07, 6.45) is 0. The van der Waals surface area contributed by atoms with Gasteiger partial charge in [0.1, 0.15) is 0 Å². The van der Waals surface area contributed by atoms with Crippen LogP contribution in [0.25, 0.3) is 0 Å². The fourth-order valence-electron chi connectivity index (χ4n) is 2.24. The number of hydrogen-bond acceptors (Lipinski definition) is 5. The molecule has 1 heterocycles. The maximum absolute atomic E-state index is 11.9. The van der Waals surface area contributed by atoms with Crippen molar-refractivity contribution >= 4 is 11.7 Å². The molecule has 0 radical (unpaired) electrons. The van der Waals surface area contributed by atoms with Gasteiger partial charge in [-0.3, -0.25) is 4.90 Å². The molecular formula is C15H23N3O4. The third kappa shape index (κ3) is 4.78. The van der Waals surface area contributed by atoms with Crippen molar-refractivity contribution in [3.8, 4) is 11.5 Å². The summed E-state index contributed by atoms with van der Waals surface area (Å²) in [7, 11) is 3.13. The highest BCUT2D eigenvalue weighted by atomic mass is 16.5. The molecule has 122 valence electrons. The summed E-state index contributed by atoms with van der Waals surface area (Å²) in [5.74, 6) is 1.20. The molecule has 0 aliphatic carbocycles. The van der Waals surface area contributed by atoms with Gasteiger partial charge in [-0.25, -0.2) is 4.79 Å². The minimum Gasteiger partial charge on any atom is -0.493 e. The number of carbonyl (C=O) groups is 1. The van der Waals surface area contributed by atoms with Crippen LogP contribution in [0, 0.1) is 0 Å². The van der Waals surface area contributed by atoms with Gasteiger partial charge < -0.3 is 24.8 Å². The summed E-state index contributed by atoms with van der Waals surface area (Å²) in [5, 5.41) is 5.62. The van der Waals surface area contributed by atoms with Crippen molar-refractivity contribution in [2.45, 2.75) is 0 Å². The zero-order chi connectivity index (χ0) is 15.8. The number of nitrogens with zero attached hydrogens (tertiary/aromatic N) is 1. The molecule has 7 nitrogen and oxygen atoms in total. The van der Waals surface area contributed by atoms with Crippen LogP contribution < -0.4 is 20.1 Å². The van der Waals surface area contributed by atoms with Gasteiger partial charge in [0.05, 0.1) is 27.4 Å². The van der Waals surface area contributed by atoms with E-state index in [1.807, 2.05) is 0 Å². The van der Waals surface area contributed by atoms with Gasteiger partial charge in [0.2, 0.25) is 0 Å². The number of hydrogen-bond donors (Lipinski definition) is 2. The third-order valence-corrected chi connectivity index (χ3v) is 3.46. The molecule has 1 aromatic rings. The lowest BCUT2D eigenvalue weighted by molar-refractivity contribution is 0.0388. The van der Waals surface area contributed by atoms with Gasteiger partial charge in [-0.05, 0) is 12.1 Å². The van der Waals surface area contributed by atoms with Gasteiger partial charge in [-0.1, -0.05) is 0 Å². The van der Waals surface area contributed by atoms with Crippen LogP contribution in [0.5, 0.6) is 11.5 Å². The second kappa shape index (κ2) is 8.45. The van der Waals surface area contributed by atoms with Crippen molar-refractivity contribution in [3.05, 3.63) is 18.2 Å². The van der Waals surface area contributed by atoms with E-state index in [9.17, 15) is 4.79 Å². The lowest BCUT2D eigenvalue weighted by Gasteiger charge is -2.26. The minimum absolute atomic E-state index is 0.236. The fourth-order valence-corrected chi connectivity index (χ4v) is 2.24. The van der Waals surface area contributed by atoms with E-state index in [2.05, 4.69) is 15.5 Å². The summed E-state index contributed by atoms with van der Waals surface area (Å²) in [5.41, 5.74) is 0.654. The molecule has 1 aliphatic rings. The summed E-state index contributed by atoms with van der Waals surface area (Å²) >= 11 is 0. The number of rotatable bonds is 6. The molecule has 1 aromatic carbocycles. The Morgan fingerprint density at radius 1 is 1.23 bits per heavy atom. The van der Waals surface area contributed by atoms with Crippen LogP contribution in [0.3, 0.4) is 0 Å². The van der Waals surface area contributed by atoms with Gasteiger partial charge in [0.25, 0.3) is 0 Å². The number of anilines is 1. The number of carbonyl (C=O) groups excluding carboxylic acids is 1. The highest BCUT2D eigenvalue weighted by Gasteiger charge is 2.11. The quantitative estimate of drug-likeness (QED) is 0.825. The van der Waals surface area contributed by atoms with Gasteiger partial charge in [-0.2, -0.15) is 0 Å². The standard InChI is InChI=1S/C15H23N3O4/c1-20-13-4-3-12(11-14(13)21-2)17-15(19)16-5-6-18-7-9-22-10-8-18/h3-4,11H,5-10H2,1-2H3,(H2,16,17,19). The third-order valence-electron chi connectivity index (χ3n) is 3.46. The molecule has 1 saturated heterocycles. The van der Waals surface area contributed by atoms with E-state index >= 15 is 0 Å². The largest absolute Gasteiger partial charge is 0.493 e. The first-order valence-electron chi connectivity index (χ1n) is 7.30. The first-order valence-corrected chi connectivity index (χ1v) is 7.30. The van der Waals surface area contributed by atoms with Crippen LogP contribution >= 0.6 is 0 Å². The van der Waals surface area contributed by atoms with Crippen LogP contribution in [0.1, 0.15) is 0 Å². The molecule has 22 heavy (non-hydrogen) atoms. The molecule has 0 saturated carbocycles. The van der Waals surface area contributed by atoms with Gasteiger partial charge >= 0.3 is 6.03 Å². The summed E-state index contributed by atoms with van der Waals surface area (Å²) < 4.78 is 15.6. The van der Waals surface area contributed by atoms with Crippen molar-refractivity contribution in [1.82, 2.24) is 10.2 Å². The van der Waals surface area contributed by atoms with Crippen LogP contribution in [-0.4, -0.2) is 64.5 Å². The lowest BCUT2D eigenvalue weighted by atomic mass is 10.3. The van der Waals surface area contributed by atoms with E-state index in [0.717, 1.165) is 32.8 Å². The summed E-state index contributed by atoms with van der Waals surface area (Å²) in [6.45, 7) is 4.77. The van der Waals surface area contributed by atoms with E-state index < -0.39 is 0 Å². The number of morpholine rings is 1. The van der Waals surface area contributed by atoms with Crippen molar-refractivity contribution in [1.29, 1.82) is 0 Å². The van der Waals surface area contributed by atoms with Crippen LogP contribution in [0.4, 0.5) is 10.5 Å². The molecule has 0 bridgehead atoms. The number of methoxy groups -OCH3 is 2. The Balaban J connectivity index is 1.76. The predicted molar refractivity (Wildman–Crippen MR) is 83.8 cm³/mol. The van der Waals surface area contributed by atoms with Gasteiger partial charge in [0.15, 0.2) is 11.5 Å². The van der Waals surface area contributed by atoms with Gasteiger partial charge in [0, 0.05) is 37.9 Å². The Morgan fingerprint density at radius 2 is 1.95 bits per heavy atom. The molecule has 0 spiro atoms. The fraction of sp³-hybridized carbons (Fsp3) is 0.533. The molecule has 0 atom stereocenters. The molecule has 1 fully saturated rings. The smallest absolute Gasteiger partial charge is 0.319 e. The number of nitrogens with one attached hydrogen (secondary N) is 2. The minimum atomic E-state index is -0.236. The molecular weight excluding hydrogens is 286 g/mol. The Morgan fingerprint density at radius 3 is 2.64 bits per heavy atom. The Labute approximate surface area is 130 Å². The molecule has 2 N–H and O–H groups in total. The van der Waals surface area contributed by atoms with E-state index in [1.54, 1.807) is 32.4 Å². The second-order valence-corrected chi connectivity index (χ2v) is 4.90. The van der Waals surface area contributed by atoms with Crippen LogP contribution in [0.15, 0.2) is 18.2 Å². The number of ether oxygens (including phenoxy) is 3. The summed E-state index contributed by atoms with van der Waals surface area (Å²) in [4.78, 5) is 14.1. The van der Waals surface area contributed by atoms with Gasteiger partial charge in [-0.15, -0.1) is 0 Å². The first kappa shape index (κ1) is 16.4. The van der Waals surface area contributed by atoms with Crippen molar-refractivity contribution in [2.75, 3.05) is 58.9 Å². The second-order valence-electron chi connectivity index (χ2n) is 4.90. The molecule has 2 amide bonds. The Hall–Kier alpha value is -1.99. The Bertz CT molecular complexity index is 490. The number of amides is 2. The normalized spacial score (nSPS) is 15.2. The first-order chi connectivity index (χ1) is 10.7. The van der Waals surface area contributed by atoms with Crippen LogP contribution in [0.2, 0.25) is 0 Å². The summed E-state index contributed by atoms with van der Waals surface area (Å²) in [6, 6.07) is 5.01. The highest BCUT2D eigenvalue weighted by Crippen LogP contribution is 2.29. The molecule has 7 heteroatoms. The van der Waals surface area contributed by atoms with E-state index in [-0.39, 0.29) is 6.03 Å². The maximum atomic E-state index is 11.9. The number of urea groups is 1. The van der Waals surface area contributed by atoms with Crippen LogP contribution in [-0.2, 0) is 4.74 Å². The average molecular weight is 309 g/mol. The van der Waals surface area contributed by atoms with Crippen molar-refractivity contribution in [2.24, 2.45) is 0 Å². The molecule has 1 aliphatic heterocycles. The number of benzene rings is 1. The van der Waals surface area contributed by atoms with E-state index in [1.165, 1.54) is 0 Å². The monoisotopic (exact) mass is 309 g/mol. The predicted octanol–water partition coefficient (Wildman–Crippen LogP) is 1.16. The highest BCUT2D eigenvalue weighted by molar-refractivity contribution is 5.89. The molecule has 2 rings (SSSR count). The van der Waals surface area contributed by atoms with Crippen molar-refractivity contribution in [3.63, 3.8) is 0 Å². The molecule has 0 unspecified atom stereocenters. The van der Waals surface area contributed by atoms with Crippen molar-refractivity contribution < 1.29 is 19.0 Å². The van der Waals surface area contributed by atoms with E-state index in [4.69, 9.17) is 14.2 Å². The lowest BCUT2D eigenvalue weighted by Crippen LogP contribution is -2.42.